The molecule has 0 aromatic heterocycles. The lowest BCUT2D eigenvalue weighted by Gasteiger charge is -2.38. The van der Waals surface area contributed by atoms with Crippen LogP contribution in [-0.2, 0) is 4.79 Å². The normalized spacial score (nSPS) is 17.4. The fourth-order valence-corrected chi connectivity index (χ4v) is 4.70. The number of piperazine rings is 1. The molecule has 4 rings (SSSR count). The zero-order valence-electron chi connectivity index (χ0n) is 19.0. The standard InChI is InChI=1S/C25H33N5O2/c1-18-5-3-4-6-23(18)29-13-15-30(16-14-29)24-8-7-20(17-22(24)26)25(32)27-21-9-11-28(12-10-21)19(2)31/h3-8,17,21H,9-16,26H2,1-2H3,(H,27,32). The van der Waals surface area contributed by atoms with E-state index in [0.717, 1.165) is 44.7 Å². The summed E-state index contributed by atoms with van der Waals surface area (Å²) in [6, 6.07) is 14.2. The Labute approximate surface area is 190 Å². The number of nitrogen functional groups attached to an aromatic ring is 1. The molecule has 2 saturated heterocycles. The Morgan fingerprint density at radius 1 is 0.906 bits per heavy atom. The monoisotopic (exact) mass is 435 g/mol. The third-order valence-corrected chi connectivity index (χ3v) is 6.64. The summed E-state index contributed by atoms with van der Waals surface area (Å²) in [5.41, 5.74) is 11.2. The van der Waals surface area contributed by atoms with E-state index in [4.69, 9.17) is 5.73 Å². The van der Waals surface area contributed by atoms with Crippen LogP contribution < -0.4 is 20.9 Å². The van der Waals surface area contributed by atoms with Crippen LogP contribution in [-0.4, -0.2) is 62.0 Å². The number of hydrogen-bond acceptors (Lipinski definition) is 5. The number of rotatable bonds is 4. The Kier molecular flexibility index (Phi) is 6.53. The van der Waals surface area contributed by atoms with Crippen molar-refractivity contribution < 1.29 is 9.59 Å². The van der Waals surface area contributed by atoms with E-state index >= 15 is 0 Å². The fraction of sp³-hybridized carbons (Fsp3) is 0.440. The predicted octanol–water partition coefficient (Wildman–Crippen LogP) is 2.64. The molecule has 0 aliphatic carbocycles. The van der Waals surface area contributed by atoms with Crippen LogP contribution in [0, 0.1) is 6.92 Å². The molecule has 2 aliphatic heterocycles. The summed E-state index contributed by atoms with van der Waals surface area (Å²) in [7, 11) is 0. The third kappa shape index (κ3) is 4.82. The maximum absolute atomic E-state index is 12.7. The maximum Gasteiger partial charge on any atom is 0.251 e. The topological polar surface area (TPSA) is 81.9 Å². The molecule has 0 radical (unpaired) electrons. The number of para-hydroxylation sites is 1. The number of hydrogen-bond donors (Lipinski definition) is 2. The second-order valence-corrected chi connectivity index (χ2v) is 8.79. The first-order valence-corrected chi connectivity index (χ1v) is 11.4. The zero-order valence-corrected chi connectivity index (χ0v) is 19.0. The molecule has 3 N–H and O–H groups in total. The molecule has 2 aromatic carbocycles. The van der Waals surface area contributed by atoms with Crippen LogP contribution in [0.4, 0.5) is 17.1 Å². The minimum atomic E-state index is -0.103. The van der Waals surface area contributed by atoms with Gasteiger partial charge in [0.2, 0.25) is 5.91 Å². The number of aryl methyl sites for hydroxylation is 1. The molecule has 2 aliphatic rings. The molecule has 0 saturated carbocycles. The molecule has 7 heteroatoms. The third-order valence-electron chi connectivity index (χ3n) is 6.64. The highest BCUT2D eigenvalue weighted by atomic mass is 16.2. The van der Waals surface area contributed by atoms with Gasteiger partial charge >= 0.3 is 0 Å². The van der Waals surface area contributed by atoms with Gasteiger partial charge in [-0.25, -0.2) is 0 Å². The van der Waals surface area contributed by atoms with Gasteiger partial charge in [0.25, 0.3) is 5.91 Å². The first-order chi connectivity index (χ1) is 15.4. The van der Waals surface area contributed by atoms with E-state index in [1.165, 1.54) is 11.3 Å². The van der Waals surface area contributed by atoms with E-state index in [-0.39, 0.29) is 17.9 Å². The van der Waals surface area contributed by atoms with Crippen LogP contribution in [0.5, 0.6) is 0 Å². The lowest BCUT2D eigenvalue weighted by Crippen LogP contribution is -2.47. The quantitative estimate of drug-likeness (QED) is 0.722. The Bertz CT molecular complexity index is 976. The van der Waals surface area contributed by atoms with Crippen molar-refractivity contribution in [3.8, 4) is 0 Å². The number of nitrogens with two attached hydrogens (primary N) is 1. The predicted molar refractivity (Wildman–Crippen MR) is 129 cm³/mol. The molecular weight excluding hydrogens is 402 g/mol. The van der Waals surface area contributed by atoms with Crippen molar-refractivity contribution in [1.29, 1.82) is 0 Å². The highest BCUT2D eigenvalue weighted by molar-refractivity contribution is 5.96. The van der Waals surface area contributed by atoms with E-state index in [2.05, 4.69) is 46.3 Å². The average molecular weight is 436 g/mol. The molecule has 2 fully saturated rings. The number of nitrogens with zero attached hydrogens (tertiary/aromatic N) is 3. The molecular formula is C25H33N5O2. The Hall–Kier alpha value is -3.22. The van der Waals surface area contributed by atoms with E-state index in [1.807, 2.05) is 17.0 Å². The number of nitrogens with one attached hydrogen (secondary N) is 1. The number of piperidine rings is 1. The summed E-state index contributed by atoms with van der Waals surface area (Å²) in [5.74, 6) is -0.00762. The van der Waals surface area contributed by atoms with Crippen LogP contribution in [0.15, 0.2) is 42.5 Å². The van der Waals surface area contributed by atoms with Crippen molar-refractivity contribution in [2.45, 2.75) is 32.7 Å². The summed E-state index contributed by atoms with van der Waals surface area (Å²) in [6.07, 6.45) is 1.56. The minimum Gasteiger partial charge on any atom is -0.397 e. The van der Waals surface area contributed by atoms with Crippen LogP contribution in [0.25, 0.3) is 0 Å². The van der Waals surface area contributed by atoms with Gasteiger partial charge < -0.3 is 25.8 Å². The zero-order chi connectivity index (χ0) is 22.7. The summed E-state index contributed by atoms with van der Waals surface area (Å²) in [4.78, 5) is 30.7. The van der Waals surface area contributed by atoms with Crippen LogP contribution in [0.1, 0.15) is 35.7 Å². The molecule has 0 bridgehead atoms. The van der Waals surface area contributed by atoms with Gasteiger partial charge in [0.1, 0.15) is 0 Å². The maximum atomic E-state index is 12.7. The molecule has 2 aromatic rings. The largest absolute Gasteiger partial charge is 0.397 e. The summed E-state index contributed by atoms with van der Waals surface area (Å²) >= 11 is 0. The van der Waals surface area contributed by atoms with Gasteiger partial charge in [-0.1, -0.05) is 18.2 Å². The number of benzene rings is 2. The lowest BCUT2D eigenvalue weighted by atomic mass is 10.0. The van der Waals surface area contributed by atoms with Crippen molar-refractivity contribution in [2.24, 2.45) is 0 Å². The van der Waals surface area contributed by atoms with Crippen LogP contribution >= 0.6 is 0 Å². The molecule has 0 atom stereocenters. The first kappa shape index (κ1) is 22.0. The van der Waals surface area contributed by atoms with Gasteiger partial charge in [0.15, 0.2) is 0 Å². The highest BCUT2D eigenvalue weighted by Gasteiger charge is 2.24. The fourth-order valence-electron chi connectivity index (χ4n) is 4.70. The van der Waals surface area contributed by atoms with E-state index in [9.17, 15) is 9.59 Å². The Balaban J connectivity index is 1.34. The van der Waals surface area contributed by atoms with Crippen molar-refractivity contribution in [1.82, 2.24) is 10.2 Å². The van der Waals surface area contributed by atoms with E-state index in [1.54, 1.807) is 13.0 Å². The second-order valence-electron chi connectivity index (χ2n) is 8.79. The van der Waals surface area contributed by atoms with Gasteiger partial charge in [-0.05, 0) is 49.6 Å². The molecule has 7 nitrogen and oxygen atoms in total. The number of anilines is 3. The summed E-state index contributed by atoms with van der Waals surface area (Å²) < 4.78 is 0. The lowest BCUT2D eigenvalue weighted by molar-refractivity contribution is -0.129. The van der Waals surface area contributed by atoms with Gasteiger partial charge in [-0.2, -0.15) is 0 Å². The highest BCUT2D eigenvalue weighted by Crippen LogP contribution is 2.28. The van der Waals surface area contributed by atoms with Crippen molar-refractivity contribution in [2.75, 3.05) is 54.8 Å². The molecule has 0 spiro atoms. The second kappa shape index (κ2) is 9.51. The van der Waals surface area contributed by atoms with Crippen molar-refractivity contribution in [3.63, 3.8) is 0 Å². The first-order valence-electron chi connectivity index (χ1n) is 11.4. The molecule has 32 heavy (non-hydrogen) atoms. The number of amides is 2. The molecule has 2 heterocycles. The van der Waals surface area contributed by atoms with Gasteiger partial charge in [-0.3, -0.25) is 9.59 Å². The average Bonchev–Trinajstić information content (AvgIpc) is 2.80. The minimum absolute atomic E-state index is 0.0912. The number of carbonyl (C=O) groups excluding carboxylic acids is 2. The number of likely N-dealkylation sites (tertiary alicyclic amines) is 1. The van der Waals surface area contributed by atoms with Crippen LogP contribution in [0.2, 0.25) is 0 Å². The summed E-state index contributed by atoms with van der Waals surface area (Å²) in [5, 5.41) is 3.10. The Morgan fingerprint density at radius 3 is 2.12 bits per heavy atom. The smallest absolute Gasteiger partial charge is 0.251 e. The van der Waals surface area contributed by atoms with E-state index < -0.39 is 0 Å². The number of carbonyl (C=O) groups is 2. The molecule has 2 amide bonds. The van der Waals surface area contributed by atoms with Gasteiger partial charge in [0.05, 0.1) is 11.4 Å². The molecule has 170 valence electrons. The molecule has 0 unspecified atom stereocenters. The van der Waals surface area contributed by atoms with Gasteiger partial charge in [0, 0.05) is 63.5 Å². The SMILES string of the molecule is CC(=O)N1CCC(NC(=O)c2ccc(N3CCN(c4ccccc4C)CC3)c(N)c2)CC1. The van der Waals surface area contributed by atoms with Gasteiger partial charge in [-0.15, -0.1) is 0 Å². The van der Waals surface area contributed by atoms with Crippen LogP contribution in [0.3, 0.4) is 0 Å². The van der Waals surface area contributed by atoms with Crippen molar-refractivity contribution >= 4 is 28.9 Å². The van der Waals surface area contributed by atoms with E-state index in [0.29, 0.717) is 24.3 Å². The summed E-state index contributed by atoms with van der Waals surface area (Å²) in [6.45, 7) is 8.77. The Morgan fingerprint density at radius 2 is 1.53 bits per heavy atom. The van der Waals surface area contributed by atoms with Crippen molar-refractivity contribution in [3.05, 3.63) is 53.6 Å².